The van der Waals surface area contributed by atoms with E-state index in [9.17, 15) is 9.90 Å². The highest BCUT2D eigenvalue weighted by Gasteiger charge is 2.29. The summed E-state index contributed by atoms with van der Waals surface area (Å²) in [5, 5.41) is 9.90. The van der Waals surface area contributed by atoms with Gasteiger partial charge in [-0.15, -0.1) is 12.4 Å². The molecule has 5 heteroatoms. The Morgan fingerprint density at radius 3 is 2.94 bits per heavy atom. The van der Waals surface area contributed by atoms with Crippen LogP contribution in [0.15, 0.2) is 18.2 Å². The van der Waals surface area contributed by atoms with Crippen LogP contribution in [-0.2, 0) is 9.53 Å². The molecule has 0 radical (unpaired) electrons. The molecular weight excluding hydrogens is 254 g/mol. The second-order valence-electron chi connectivity index (χ2n) is 4.40. The lowest BCUT2D eigenvalue weighted by Crippen LogP contribution is -2.16. The summed E-state index contributed by atoms with van der Waals surface area (Å²) in [4.78, 5) is 13.3. The number of fused-ring (bicyclic) bond motifs is 1. The Labute approximate surface area is 113 Å². The predicted molar refractivity (Wildman–Crippen MR) is 72.6 cm³/mol. The van der Waals surface area contributed by atoms with E-state index in [0.717, 1.165) is 17.8 Å². The van der Waals surface area contributed by atoms with Crippen molar-refractivity contribution in [1.82, 2.24) is 0 Å². The quantitative estimate of drug-likeness (QED) is 0.857. The first-order chi connectivity index (χ1) is 8.13. The van der Waals surface area contributed by atoms with E-state index in [4.69, 9.17) is 0 Å². The fraction of sp³-hybridized carbons (Fsp3) is 0.462. The number of ether oxygens (including phenoxy) is 1. The maximum absolute atomic E-state index is 11.1. The molecule has 0 aromatic heterocycles. The van der Waals surface area contributed by atoms with Crippen molar-refractivity contribution in [3.05, 3.63) is 23.8 Å². The van der Waals surface area contributed by atoms with Crippen molar-refractivity contribution in [3.63, 3.8) is 0 Å². The number of methoxy groups -OCH3 is 1. The summed E-state index contributed by atoms with van der Waals surface area (Å²) < 4.78 is 4.64. The van der Waals surface area contributed by atoms with Gasteiger partial charge in [-0.3, -0.25) is 4.79 Å². The number of aromatic hydroxyl groups is 1. The van der Waals surface area contributed by atoms with E-state index in [1.807, 2.05) is 19.2 Å². The second-order valence-corrected chi connectivity index (χ2v) is 4.40. The number of likely N-dealkylation sites (N-methyl/N-ethyl adjacent to an activating group) is 1. The van der Waals surface area contributed by atoms with E-state index < -0.39 is 0 Å². The number of benzene rings is 1. The zero-order valence-electron chi connectivity index (χ0n) is 10.5. The van der Waals surface area contributed by atoms with Crippen molar-refractivity contribution >= 4 is 24.1 Å². The van der Waals surface area contributed by atoms with Crippen LogP contribution in [0.25, 0.3) is 0 Å². The van der Waals surface area contributed by atoms with Gasteiger partial charge in [0.15, 0.2) is 0 Å². The van der Waals surface area contributed by atoms with Gasteiger partial charge >= 0.3 is 5.97 Å². The number of halogens is 1. The van der Waals surface area contributed by atoms with Gasteiger partial charge in [0, 0.05) is 37.2 Å². The SMILES string of the molecule is COC(=O)CCC1CN(C)c2cccc(O)c21.Cl. The Kier molecular flexibility index (Phi) is 4.84. The van der Waals surface area contributed by atoms with E-state index in [1.165, 1.54) is 7.11 Å². The molecule has 0 saturated carbocycles. The first kappa shape index (κ1) is 14.6. The van der Waals surface area contributed by atoms with Crippen LogP contribution in [0, 0.1) is 0 Å². The van der Waals surface area contributed by atoms with Gasteiger partial charge in [0.25, 0.3) is 0 Å². The van der Waals surface area contributed by atoms with Crippen molar-refractivity contribution in [2.75, 3.05) is 25.6 Å². The average molecular weight is 272 g/mol. The van der Waals surface area contributed by atoms with Crippen LogP contribution in [0.3, 0.4) is 0 Å². The number of carbonyl (C=O) groups excluding carboxylic acids is 1. The Balaban J connectivity index is 0.00000162. The summed E-state index contributed by atoms with van der Waals surface area (Å²) in [7, 11) is 3.39. The number of phenols is 1. The molecule has 0 fully saturated rings. The highest BCUT2D eigenvalue weighted by Crippen LogP contribution is 2.42. The van der Waals surface area contributed by atoms with E-state index >= 15 is 0 Å². The summed E-state index contributed by atoms with van der Waals surface area (Å²) >= 11 is 0. The Bertz CT molecular complexity index is 436. The fourth-order valence-corrected chi connectivity index (χ4v) is 2.44. The van der Waals surface area contributed by atoms with Gasteiger partial charge < -0.3 is 14.7 Å². The van der Waals surface area contributed by atoms with Crippen LogP contribution in [0.5, 0.6) is 5.75 Å². The van der Waals surface area contributed by atoms with Gasteiger partial charge in [0.2, 0.25) is 0 Å². The minimum atomic E-state index is -0.198. The van der Waals surface area contributed by atoms with Crippen LogP contribution >= 0.6 is 12.4 Å². The van der Waals surface area contributed by atoms with Gasteiger partial charge in [-0.05, 0) is 18.6 Å². The number of hydrogen-bond acceptors (Lipinski definition) is 4. The molecule has 0 aliphatic carbocycles. The third kappa shape index (κ3) is 2.70. The Morgan fingerprint density at radius 2 is 2.28 bits per heavy atom. The zero-order valence-corrected chi connectivity index (χ0v) is 11.4. The monoisotopic (exact) mass is 271 g/mol. The van der Waals surface area contributed by atoms with E-state index in [1.54, 1.807) is 6.07 Å². The predicted octanol–water partition coefficient (Wildman–Crippen LogP) is 2.30. The van der Waals surface area contributed by atoms with E-state index in [-0.39, 0.29) is 24.3 Å². The number of anilines is 1. The van der Waals surface area contributed by atoms with Gasteiger partial charge in [-0.2, -0.15) is 0 Å². The number of phenolic OH excluding ortho intramolecular Hbond substituents is 1. The summed E-state index contributed by atoms with van der Waals surface area (Å²) in [5.41, 5.74) is 2.01. The minimum Gasteiger partial charge on any atom is -0.508 e. The lowest BCUT2D eigenvalue weighted by Gasteiger charge is -2.12. The molecule has 100 valence electrons. The summed E-state index contributed by atoms with van der Waals surface area (Å²) in [5.74, 6) is 0.327. The Morgan fingerprint density at radius 1 is 1.56 bits per heavy atom. The lowest BCUT2D eigenvalue weighted by molar-refractivity contribution is -0.140. The molecule has 4 nitrogen and oxygen atoms in total. The van der Waals surface area contributed by atoms with Gasteiger partial charge in [0.05, 0.1) is 7.11 Å². The van der Waals surface area contributed by atoms with Gasteiger partial charge in [-0.25, -0.2) is 0 Å². The largest absolute Gasteiger partial charge is 0.508 e. The zero-order chi connectivity index (χ0) is 12.4. The molecule has 0 amide bonds. The minimum absolute atomic E-state index is 0. The normalized spacial score (nSPS) is 17.0. The van der Waals surface area contributed by atoms with Crippen molar-refractivity contribution in [2.24, 2.45) is 0 Å². The summed E-state index contributed by atoms with van der Waals surface area (Å²) in [6, 6.07) is 5.53. The number of rotatable bonds is 3. The van der Waals surface area contributed by atoms with Gasteiger partial charge in [0.1, 0.15) is 5.75 Å². The van der Waals surface area contributed by atoms with Gasteiger partial charge in [-0.1, -0.05) is 6.07 Å². The average Bonchev–Trinajstić information content (AvgIpc) is 2.65. The third-order valence-electron chi connectivity index (χ3n) is 3.30. The molecule has 0 saturated heterocycles. The Hall–Kier alpha value is -1.42. The maximum Gasteiger partial charge on any atom is 0.305 e. The molecule has 1 atom stereocenters. The summed E-state index contributed by atoms with van der Waals surface area (Å²) in [6.07, 6.45) is 1.10. The van der Waals surface area contributed by atoms with Crippen LogP contribution in [-0.4, -0.2) is 31.8 Å². The van der Waals surface area contributed by atoms with Crippen LogP contribution in [0.2, 0.25) is 0 Å². The first-order valence-electron chi connectivity index (χ1n) is 5.73. The number of carbonyl (C=O) groups is 1. The number of esters is 1. The molecule has 18 heavy (non-hydrogen) atoms. The molecule has 1 aliphatic heterocycles. The maximum atomic E-state index is 11.1. The van der Waals surface area contributed by atoms with Crippen molar-refractivity contribution in [3.8, 4) is 5.75 Å². The fourth-order valence-electron chi connectivity index (χ4n) is 2.44. The molecule has 0 bridgehead atoms. The second kappa shape index (κ2) is 5.96. The molecule has 1 heterocycles. The smallest absolute Gasteiger partial charge is 0.305 e. The molecule has 1 unspecified atom stereocenters. The summed E-state index contributed by atoms with van der Waals surface area (Å²) in [6.45, 7) is 0.837. The molecule has 1 aliphatic rings. The highest BCUT2D eigenvalue weighted by molar-refractivity contribution is 5.85. The number of hydrogen-bond donors (Lipinski definition) is 1. The van der Waals surface area contributed by atoms with E-state index in [2.05, 4.69) is 9.64 Å². The molecule has 1 aromatic rings. The molecule has 1 N–H and O–H groups in total. The topological polar surface area (TPSA) is 49.8 Å². The molecule has 1 aromatic carbocycles. The third-order valence-corrected chi connectivity index (χ3v) is 3.30. The molecular formula is C13H18ClNO3. The molecule has 2 rings (SSSR count). The van der Waals surface area contributed by atoms with Crippen LogP contribution in [0.1, 0.15) is 24.3 Å². The van der Waals surface area contributed by atoms with Crippen LogP contribution < -0.4 is 4.90 Å². The van der Waals surface area contributed by atoms with Crippen LogP contribution in [0.4, 0.5) is 5.69 Å². The highest BCUT2D eigenvalue weighted by atomic mass is 35.5. The van der Waals surface area contributed by atoms with Crippen molar-refractivity contribution in [2.45, 2.75) is 18.8 Å². The van der Waals surface area contributed by atoms with E-state index in [0.29, 0.717) is 18.6 Å². The standard InChI is InChI=1S/C13H17NO3.ClH/c1-14-8-9(6-7-12(16)17-2)13-10(14)4-3-5-11(13)15;/h3-5,9,15H,6-8H2,1-2H3;1H. The lowest BCUT2D eigenvalue weighted by atomic mass is 9.95. The number of nitrogens with zero attached hydrogens (tertiary/aromatic N) is 1. The van der Waals surface area contributed by atoms with Crippen molar-refractivity contribution in [1.29, 1.82) is 0 Å². The first-order valence-corrected chi connectivity index (χ1v) is 5.73. The van der Waals surface area contributed by atoms with Crippen molar-refractivity contribution < 1.29 is 14.6 Å². The molecule has 0 spiro atoms.